The highest BCUT2D eigenvalue weighted by molar-refractivity contribution is 5.53. The molecule has 3 aromatic rings. The molecule has 22 heavy (non-hydrogen) atoms. The monoisotopic (exact) mass is 298 g/mol. The maximum absolute atomic E-state index is 5.41. The minimum Gasteiger partial charge on any atom is -0.496 e. The lowest BCUT2D eigenvalue weighted by Crippen LogP contribution is -2.05. The molecule has 7 heteroatoms. The second-order valence-corrected chi connectivity index (χ2v) is 4.82. The van der Waals surface area contributed by atoms with E-state index in [1.165, 1.54) is 0 Å². The lowest BCUT2D eigenvalue weighted by atomic mass is 10.1. The van der Waals surface area contributed by atoms with Gasteiger partial charge < -0.3 is 19.5 Å². The average molecular weight is 298 g/mol. The molecule has 0 unspecified atom stereocenters. The number of fused-ring (bicyclic) bond motifs is 2. The molecule has 4 rings (SSSR count). The minimum absolute atomic E-state index is 0.244. The van der Waals surface area contributed by atoms with Crippen molar-refractivity contribution in [1.29, 1.82) is 0 Å². The Kier molecular flexibility index (Phi) is 2.96. The molecule has 0 amide bonds. The Morgan fingerprint density at radius 3 is 3.00 bits per heavy atom. The van der Waals surface area contributed by atoms with Crippen molar-refractivity contribution >= 4 is 11.5 Å². The number of ether oxygens (including phenoxy) is 3. The first kappa shape index (κ1) is 12.8. The summed E-state index contributed by atoms with van der Waals surface area (Å²) in [6.45, 7) is 0.807. The number of nitrogens with one attached hydrogen (secondary N) is 1. The summed E-state index contributed by atoms with van der Waals surface area (Å²) >= 11 is 0. The second kappa shape index (κ2) is 5.10. The first-order valence-corrected chi connectivity index (χ1v) is 6.84. The van der Waals surface area contributed by atoms with Gasteiger partial charge in [-0.2, -0.15) is 0 Å². The van der Waals surface area contributed by atoms with Gasteiger partial charge in [-0.05, 0) is 18.2 Å². The van der Waals surface area contributed by atoms with Gasteiger partial charge in [0.1, 0.15) is 11.6 Å². The van der Waals surface area contributed by atoms with Gasteiger partial charge in [0.25, 0.3) is 0 Å². The molecule has 0 bridgehead atoms. The molecule has 1 aromatic carbocycles. The molecule has 1 N–H and O–H groups in total. The molecule has 0 fully saturated rings. The van der Waals surface area contributed by atoms with Gasteiger partial charge in [-0.25, -0.2) is 9.50 Å². The van der Waals surface area contributed by atoms with Gasteiger partial charge in [0, 0.05) is 30.6 Å². The summed E-state index contributed by atoms with van der Waals surface area (Å²) in [6.07, 6.45) is 3.52. The van der Waals surface area contributed by atoms with Crippen LogP contribution in [-0.2, 0) is 6.54 Å². The van der Waals surface area contributed by atoms with E-state index in [1.54, 1.807) is 17.8 Å². The molecule has 0 saturated heterocycles. The topological polar surface area (TPSA) is 69.9 Å². The van der Waals surface area contributed by atoms with Crippen LogP contribution in [0, 0.1) is 0 Å². The van der Waals surface area contributed by atoms with Crippen LogP contribution in [0.3, 0.4) is 0 Å². The Balaban J connectivity index is 1.58. The minimum atomic E-state index is 0.244. The van der Waals surface area contributed by atoms with Crippen LogP contribution in [0.5, 0.6) is 17.2 Å². The fraction of sp³-hybridized carbons (Fsp3) is 0.200. The van der Waals surface area contributed by atoms with Crippen LogP contribution >= 0.6 is 0 Å². The van der Waals surface area contributed by atoms with E-state index in [1.807, 2.05) is 30.5 Å². The Morgan fingerprint density at radius 1 is 1.27 bits per heavy atom. The summed E-state index contributed by atoms with van der Waals surface area (Å²) < 4.78 is 17.9. The fourth-order valence-electron chi connectivity index (χ4n) is 2.39. The number of rotatable bonds is 4. The third kappa shape index (κ3) is 2.16. The van der Waals surface area contributed by atoms with E-state index in [0.29, 0.717) is 12.3 Å². The molecular weight excluding hydrogens is 284 g/mol. The molecule has 1 aliphatic rings. The Hall–Kier alpha value is -2.96. The SMILES string of the molecule is COc1cc2c(cc1CNc1ccc3nccn3n1)OCO2. The lowest BCUT2D eigenvalue weighted by molar-refractivity contribution is 0.174. The van der Waals surface area contributed by atoms with Gasteiger partial charge in [0.05, 0.1) is 7.11 Å². The molecule has 112 valence electrons. The highest BCUT2D eigenvalue weighted by atomic mass is 16.7. The van der Waals surface area contributed by atoms with Gasteiger partial charge in [-0.15, -0.1) is 5.10 Å². The summed E-state index contributed by atoms with van der Waals surface area (Å²) in [5.74, 6) is 2.94. The maximum Gasteiger partial charge on any atom is 0.231 e. The largest absolute Gasteiger partial charge is 0.496 e. The standard InChI is InChI=1S/C15H14N4O3/c1-20-11-7-13-12(21-9-22-13)6-10(11)8-17-14-2-3-15-16-4-5-19(15)18-14/h2-7H,8-9H2,1H3,(H,17,18). The Morgan fingerprint density at radius 2 is 2.14 bits per heavy atom. The number of hydrogen-bond donors (Lipinski definition) is 1. The third-order valence-corrected chi connectivity index (χ3v) is 3.49. The van der Waals surface area contributed by atoms with Gasteiger partial charge in [-0.3, -0.25) is 0 Å². The Bertz CT molecular complexity index is 831. The molecule has 0 spiro atoms. The van der Waals surface area contributed by atoms with Crippen LogP contribution in [0.1, 0.15) is 5.56 Å². The molecule has 1 aliphatic heterocycles. The van der Waals surface area contributed by atoms with E-state index >= 15 is 0 Å². The Labute approximate surface area is 126 Å². The van der Waals surface area contributed by atoms with Crippen LogP contribution in [0.25, 0.3) is 5.65 Å². The normalized spacial score (nSPS) is 12.6. The van der Waals surface area contributed by atoms with Gasteiger partial charge in [0.2, 0.25) is 6.79 Å². The van der Waals surface area contributed by atoms with Crippen molar-refractivity contribution in [3.63, 3.8) is 0 Å². The highest BCUT2D eigenvalue weighted by Crippen LogP contribution is 2.38. The fourth-order valence-corrected chi connectivity index (χ4v) is 2.39. The van der Waals surface area contributed by atoms with Crippen molar-refractivity contribution in [2.24, 2.45) is 0 Å². The molecular formula is C15H14N4O3. The zero-order chi connectivity index (χ0) is 14.9. The van der Waals surface area contributed by atoms with Crippen LogP contribution in [0.2, 0.25) is 0 Å². The van der Waals surface area contributed by atoms with Crippen LogP contribution in [-0.4, -0.2) is 28.5 Å². The maximum atomic E-state index is 5.41. The number of hydrogen-bond acceptors (Lipinski definition) is 6. The van der Waals surface area contributed by atoms with Crippen molar-refractivity contribution in [3.8, 4) is 17.2 Å². The van der Waals surface area contributed by atoms with Gasteiger partial charge in [-0.1, -0.05) is 0 Å². The van der Waals surface area contributed by atoms with E-state index in [4.69, 9.17) is 14.2 Å². The second-order valence-electron chi connectivity index (χ2n) is 4.82. The molecule has 3 heterocycles. The van der Waals surface area contributed by atoms with Crippen molar-refractivity contribution in [3.05, 3.63) is 42.2 Å². The smallest absolute Gasteiger partial charge is 0.231 e. The van der Waals surface area contributed by atoms with E-state index in [-0.39, 0.29) is 6.79 Å². The van der Waals surface area contributed by atoms with Crippen LogP contribution in [0.4, 0.5) is 5.82 Å². The summed E-state index contributed by atoms with van der Waals surface area (Å²) in [7, 11) is 1.64. The van der Waals surface area contributed by atoms with Crippen LogP contribution < -0.4 is 19.5 Å². The van der Waals surface area contributed by atoms with Crippen molar-refractivity contribution < 1.29 is 14.2 Å². The summed E-state index contributed by atoms with van der Waals surface area (Å²) in [6, 6.07) is 7.56. The molecule has 0 aliphatic carbocycles. The summed E-state index contributed by atoms with van der Waals surface area (Å²) in [5, 5.41) is 7.70. The first-order valence-electron chi connectivity index (χ1n) is 6.84. The summed E-state index contributed by atoms with van der Waals surface area (Å²) in [4.78, 5) is 4.17. The summed E-state index contributed by atoms with van der Waals surface area (Å²) in [5.41, 5.74) is 1.78. The van der Waals surface area contributed by atoms with E-state index < -0.39 is 0 Å². The number of aromatic nitrogens is 3. The third-order valence-electron chi connectivity index (χ3n) is 3.49. The number of benzene rings is 1. The van der Waals surface area contributed by atoms with Crippen LogP contribution in [0.15, 0.2) is 36.7 Å². The molecule has 7 nitrogen and oxygen atoms in total. The number of anilines is 1. The van der Waals surface area contributed by atoms with Crippen molar-refractivity contribution in [2.45, 2.75) is 6.54 Å². The quantitative estimate of drug-likeness (QED) is 0.795. The van der Waals surface area contributed by atoms with Crippen molar-refractivity contribution in [1.82, 2.24) is 14.6 Å². The lowest BCUT2D eigenvalue weighted by Gasteiger charge is -2.11. The molecule has 0 radical (unpaired) electrons. The van der Waals surface area contributed by atoms with E-state index in [9.17, 15) is 0 Å². The zero-order valence-corrected chi connectivity index (χ0v) is 11.9. The van der Waals surface area contributed by atoms with Gasteiger partial charge >= 0.3 is 0 Å². The average Bonchev–Trinajstić information content (AvgIpc) is 3.19. The number of methoxy groups -OCH3 is 1. The zero-order valence-electron chi connectivity index (χ0n) is 11.9. The van der Waals surface area contributed by atoms with E-state index in [2.05, 4.69) is 15.4 Å². The molecule has 2 aromatic heterocycles. The highest BCUT2D eigenvalue weighted by Gasteiger charge is 2.17. The number of nitrogens with zero attached hydrogens (tertiary/aromatic N) is 3. The predicted octanol–water partition coefficient (Wildman–Crippen LogP) is 2.08. The predicted molar refractivity (Wildman–Crippen MR) is 79.4 cm³/mol. The molecule has 0 saturated carbocycles. The van der Waals surface area contributed by atoms with Crippen molar-refractivity contribution in [2.75, 3.05) is 19.2 Å². The number of imidazole rings is 1. The van der Waals surface area contributed by atoms with Gasteiger partial charge in [0.15, 0.2) is 17.1 Å². The van der Waals surface area contributed by atoms with E-state index in [0.717, 1.165) is 28.5 Å². The molecule has 0 atom stereocenters. The first-order chi connectivity index (χ1) is 10.8.